The van der Waals surface area contributed by atoms with Crippen molar-refractivity contribution in [2.45, 2.75) is 47.2 Å². The first-order valence-corrected chi connectivity index (χ1v) is 11.8. The van der Waals surface area contributed by atoms with Gasteiger partial charge in [-0.3, -0.25) is 9.59 Å². The van der Waals surface area contributed by atoms with Gasteiger partial charge in [0.15, 0.2) is 5.65 Å². The predicted molar refractivity (Wildman–Crippen MR) is 135 cm³/mol. The average Bonchev–Trinajstić information content (AvgIpc) is 3.43. The molecule has 0 atom stereocenters. The van der Waals surface area contributed by atoms with Gasteiger partial charge in [0.25, 0.3) is 5.91 Å². The van der Waals surface area contributed by atoms with Crippen molar-refractivity contribution in [3.8, 4) is 11.3 Å². The minimum Gasteiger partial charge on any atom is -0.466 e. The molecule has 2 amide bonds. The van der Waals surface area contributed by atoms with Crippen LogP contribution in [0.5, 0.6) is 0 Å². The summed E-state index contributed by atoms with van der Waals surface area (Å²) < 4.78 is 7.49. The Kier molecular flexibility index (Phi) is 7.00. The maximum absolute atomic E-state index is 13.3. The summed E-state index contributed by atoms with van der Waals surface area (Å²) >= 11 is 0. The van der Waals surface area contributed by atoms with E-state index in [4.69, 9.17) is 9.40 Å². The molecule has 0 radical (unpaired) electrons. The molecule has 0 aliphatic carbocycles. The van der Waals surface area contributed by atoms with Crippen LogP contribution in [-0.2, 0) is 11.3 Å². The average molecular weight is 474 g/mol. The standard InChI is InChI=1S/C27H31N5O3/c1-6-31(16-20-10-8-7-9-11-20)25(33)15-28-27(34)22-13-24(21-12-18(4)35-19(21)5)30-26-23(22)14-29-32(26)17(2)3/h7-14,17H,6,15-16H2,1-5H3,(H,28,34). The molecule has 1 N–H and O–H groups in total. The number of rotatable bonds is 8. The third-order valence-electron chi connectivity index (χ3n) is 5.97. The molecule has 35 heavy (non-hydrogen) atoms. The lowest BCUT2D eigenvalue weighted by molar-refractivity contribution is -0.130. The van der Waals surface area contributed by atoms with Crippen LogP contribution in [0.3, 0.4) is 0 Å². The van der Waals surface area contributed by atoms with Crippen molar-refractivity contribution in [2.75, 3.05) is 13.1 Å². The molecule has 0 bridgehead atoms. The number of furan rings is 1. The molecule has 0 saturated carbocycles. The monoisotopic (exact) mass is 473 g/mol. The summed E-state index contributed by atoms with van der Waals surface area (Å²) in [5, 5.41) is 7.91. The van der Waals surface area contributed by atoms with E-state index in [0.29, 0.717) is 35.4 Å². The van der Waals surface area contributed by atoms with E-state index in [9.17, 15) is 9.59 Å². The van der Waals surface area contributed by atoms with Gasteiger partial charge in [0.1, 0.15) is 11.5 Å². The Labute approximate surface area is 204 Å². The van der Waals surface area contributed by atoms with Gasteiger partial charge in [0, 0.05) is 24.7 Å². The van der Waals surface area contributed by atoms with Crippen molar-refractivity contribution in [3.05, 3.63) is 71.3 Å². The molecular formula is C27H31N5O3. The quantitative estimate of drug-likeness (QED) is 0.401. The number of carbonyl (C=O) groups excluding carboxylic acids is 2. The van der Waals surface area contributed by atoms with Crippen molar-refractivity contribution >= 4 is 22.8 Å². The molecule has 0 fully saturated rings. The highest BCUT2D eigenvalue weighted by molar-refractivity contribution is 6.07. The molecular weight excluding hydrogens is 442 g/mol. The largest absolute Gasteiger partial charge is 0.466 e. The SMILES string of the molecule is CCN(Cc1ccccc1)C(=O)CNC(=O)c1cc(-c2cc(C)oc2C)nc2c1cnn2C(C)C. The van der Waals surface area contributed by atoms with Crippen LogP contribution in [0, 0.1) is 13.8 Å². The molecule has 182 valence electrons. The Balaban J connectivity index is 1.61. The van der Waals surface area contributed by atoms with Gasteiger partial charge < -0.3 is 14.6 Å². The maximum Gasteiger partial charge on any atom is 0.252 e. The zero-order valence-corrected chi connectivity index (χ0v) is 20.8. The van der Waals surface area contributed by atoms with E-state index in [1.54, 1.807) is 21.8 Å². The summed E-state index contributed by atoms with van der Waals surface area (Å²) in [6.45, 7) is 10.7. The number of benzene rings is 1. The molecule has 0 aliphatic heterocycles. The lowest BCUT2D eigenvalue weighted by atomic mass is 10.1. The molecule has 4 aromatic rings. The number of likely N-dealkylation sites (N-methyl/N-ethyl adjacent to an activating group) is 1. The van der Waals surface area contributed by atoms with Gasteiger partial charge >= 0.3 is 0 Å². The second-order valence-corrected chi connectivity index (χ2v) is 8.88. The highest BCUT2D eigenvalue weighted by Crippen LogP contribution is 2.30. The number of aryl methyl sites for hydroxylation is 2. The van der Waals surface area contributed by atoms with E-state index in [2.05, 4.69) is 10.4 Å². The Morgan fingerprint density at radius 2 is 1.89 bits per heavy atom. The number of amides is 2. The topological polar surface area (TPSA) is 93.3 Å². The molecule has 0 aliphatic rings. The summed E-state index contributed by atoms with van der Waals surface area (Å²) in [5.74, 6) is 1.01. The Bertz CT molecular complexity index is 1350. The molecule has 8 nitrogen and oxygen atoms in total. The van der Waals surface area contributed by atoms with E-state index in [-0.39, 0.29) is 24.4 Å². The smallest absolute Gasteiger partial charge is 0.252 e. The number of nitrogens with zero attached hydrogens (tertiary/aromatic N) is 4. The highest BCUT2D eigenvalue weighted by Gasteiger charge is 2.21. The van der Waals surface area contributed by atoms with Crippen LogP contribution in [0.1, 0.15) is 54.3 Å². The Hall–Kier alpha value is -3.94. The zero-order valence-electron chi connectivity index (χ0n) is 20.8. The molecule has 0 saturated heterocycles. The lowest BCUT2D eigenvalue weighted by Crippen LogP contribution is -2.39. The molecule has 1 aromatic carbocycles. The van der Waals surface area contributed by atoms with E-state index in [1.165, 1.54) is 0 Å². The summed E-state index contributed by atoms with van der Waals surface area (Å²) in [6, 6.07) is 13.5. The first-order chi connectivity index (χ1) is 16.8. The number of nitrogens with one attached hydrogen (secondary N) is 1. The molecule has 4 rings (SSSR count). The van der Waals surface area contributed by atoms with Crippen molar-refractivity contribution < 1.29 is 14.0 Å². The molecule has 3 heterocycles. The van der Waals surface area contributed by atoms with E-state index in [1.807, 2.05) is 71.0 Å². The van der Waals surface area contributed by atoms with E-state index >= 15 is 0 Å². The van der Waals surface area contributed by atoms with Gasteiger partial charge in [0.2, 0.25) is 5.91 Å². The normalized spacial score (nSPS) is 11.3. The third-order valence-corrected chi connectivity index (χ3v) is 5.97. The van der Waals surface area contributed by atoms with Gasteiger partial charge in [-0.1, -0.05) is 30.3 Å². The maximum atomic E-state index is 13.3. The van der Waals surface area contributed by atoms with E-state index in [0.717, 1.165) is 22.6 Å². The number of pyridine rings is 1. The number of fused-ring (bicyclic) bond motifs is 1. The highest BCUT2D eigenvalue weighted by atomic mass is 16.3. The van der Waals surface area contributed by atoms with Crippen LogP contribution in [0.15, 0.2) is 53.1 Å². The minimum atomic E-state index is -0.344. The number of carbonyl (C=O) groups is 2. The van der Waals surface area contributed by atoms with Crippen molar-refractivity contribution in [1.29, 1.82) is 0 Å². The number of hydrogen-bond acceptors (Lipinski definition) is 5. The molecule has 8 heteroatoms. The predicted octanol–water partition coefficient (Wildman–Crippen LogP) is 4.67. The first-order valence-electron chi connectivity index (χ1n) is 11.8. The summed E-state index contributed by atoms with van der Waals surface area (Å²) in [5.41, 5.74) is 3.54. The van der Waals surface area contributed by atoms with Crippen molar-refractivity contribution in [2.24, 2.45) is 0 Å². The molecule has 0 unspecified atom stereocenters. The number of hydrogen-bond donors (Lipinski definition) is 1. The number of aromatic nitrogens is 3. The van der Waals surface area contributed by atoms with Gasteiger partial charge in [0.05, 0.1) is 29.4 Å². The Morgan fingerprint density at radius 3 is 2.51 bits per heavy atom. The van der Waals surface area contributed by atoms with Gasteiger partial charge in [-0.2, -0.15) is 5.10 Å². The lowest BCUT2D eigenvalue weighted by Gasteiger charge is -2.21. The molecule has 0 spiro atoms. The van der Waals surface area contributed by atoms with Crippen LogP contribution in [0.25, 0.3) is 22.3 Å². The molecule has 3 aromatic heterocycles. The fraction of sp³-hybridized carbons (Fsp3) is 0.333. The van der Waals surface area contributed by atoms with Crippen LogP contribution < -0.4 is 5.32 Å². The summed E-state index contributed by atoms with van der Waals surface area (Å²) in [4.78, 5) is 32.7. The van der Waals surface area contributed by atoms with Crippen LogP contribution in [0.4, 0.5) is 0 Å². The second-order valence-electron chi connectivity index (χ2n) is 8.88. The van der Waals surface area contributed by atoms with E-state index < -0.39 is 0 Å². The zero-order chi connectivity index (χ0) is 25.1. The summed E-state index contributed by atoms with van der Waals surface area (Å²) in [7, 11) is 0. The minimum absolute atomic E-state index is 0.0658. The van der Waals surface area contributed by atoms with Crippen molar-refractivity contribution in [3.63, 3.8) is 0 Å². The fourth-order valence-electron chi connectivity index (χ4n) is 4.15. The second kappa shape index (κ2) is 10.1. The van der Waals surface area contributed by atoms with Crippen LogP contribution >= 0.6 is 0 Å². The van der Waals surface area contributed by atoms with Gasteiger partial charge in [-0.05, 0) is 52.3 Å². The summed E-state index contributed by atoms with van der Waals surface area (Å²) in [6.07, 6.45) is 1.66. The van der Waals surface area contributed by atoms with Gasteiger partial charge in [-0.25, -0.2) is 9.67 Å². The third kappa shape index (κ3) is 5.11. The van der Waals surface area contributed by atoms with Crippen LogP contribution in [-0.4, -0.2) is 44.6 Å². The van der Waals surface area contributed by atoms with Crippen molar-refractivity contribution in [1.82, 2.24) is 25.0 Å². The first kappa shape index (κ1) is 24.2. The van der Waals surface area contributed by atoms with Crippen LogP contribution in [0.2, 0.25) is 0 Å². The van der Waals surface area contributed by atoms with Gasteiger partial charge in [-0.15, -0.1) is 0 Å². The Morgan fingerprint density at radius 1 is 1.14 bits per heavy atom. The fourth-order valence-corrected chi connectivity index (χ4v) is 4.15.